The van der Waals surface area contributed by atoms with Gasteiger partial charge < -0.3 is 100 Å². The molecule has 15 atom stereocenters. The van der Waals surface area contributed by atoms with E-state index in [1.54, 1.807) is 75.3 Å². The molecule has 0 spiro atoms. The van der Waals surface area contributed by atoms with Gasteiger partial charge in [-0.05, 0) is 101 Å². The van der Waals surface area contributed by atoms with Crippen LogP contribution in [0.4, 0.5) is 4.79 Å². The minimum Gasteiger partial charge on any atom is -0.444 e. The lowest BCUT2D eigenvalue weighted by molar-refractivity contribution is -0.139. The topological polar surface area (TPSA) is 504 Å². The highest BCUT2D eigenvalue weighted by Gasteiger charge is 2.43. The number of nitrogens with one attached hydrogen (secondary N) is 12. The van der Waals surface area contributed by atoms with Crippen LogP contribution < -0.4 is 75.3 Å². The number of aliphatic hydroxyl groups is 4. The molecular weight excluding hydrogens is 1260 g/mol. The van der Waals surface area contributed by atoms with Crippen LogP contribution in [0.25, 0.3) is 0 Å². The average molecular weight is 1370 g/mol. The molecule has 1 aromatic carbocycles. The Bertz CT molecular complexity index is 2870. The standard InChI is InChI=1S/C65H111N15O17/c1-18-34(6)44-57(92)77-45(35(7)82)56(91)69-30-43(84)75-46(36(8)83)58(93)73-42(31-81)55(90)78-47(37-23-20-19-21-24-37)48(79-54(89)40(28-63(9,10)11)72-53(88)41(29-64(12,13)14)74-62(96)97-65(15,16)17)59(94)80-49(50(85)33(4)5)60(95)71-39(27-32(2)3)52(87)70-38(51(86)76-44)25-22-26-68-61(66)67/h19-21,23-24,32-36,38-42,44-50,81-83,85H,18,22,25-31H2,1-17H3,(H,69,91)(H,70,87)(H,71,95)(H,72,88)(H,73,93)(H,74,96)(H,75,84)(H,76,86)(H,77,92)(H,78,90)(H,79,89)(H,80,94)(H4,66,67,68)/t34-,35-,36-,38+,39-,40-,41+,42-,44-,45-,46?,47+,48-,49-,50+/m0/s1. The van der Waals surface area contributed by atoms with E-state index in [-0.39, 0.29) is 62.5 Å². The van der Waals surface area contributed by atoms with Crippen molar-refractivity contribution < 1.29 is 82.7 Å². The fourth-order valence-electron chi connectivity index (χ4n) is 10.1. The second-order valence-electron chi connectivity index (χ2n) is 28.9. The number of alkyl carbamates (subject to hydrolysis) is 1. The van der Waals surface area contributed by atoms with Crippen molar-refractivity contribution in [2.45, 2.75) is 247 Å². The molecule has 548 valence electrons. The maximum atomic E-state index is 15.7. The summed E-state index contributed by atoms with van der Waals surface area (Å²) in [7, 11) is 0. The molecule has 1 heterocycles. The predicted octanol–water partition coefficient (Wildman–Crippen LogP) is -1.98. The number of hydrogen-bond acceptors (Lipinski definition) is 18. The number of rotatable bonds is 21. The second-order valence-corrected chi connectivity index (χ2v) is 28.9. The number of ether oxygens (including phenoxy) is 1. The summed E-state index contributed by atoms with van der Waals surface area (Å²) in [6.45, 7) is 25.4. The molecule has 1 aromatic rings. The van der Waals surface area contributed by atoms with Gasteiger partial charge >= 0.3 is 6.09 Å². The fourth-order valence-corrected chi connectivity index (χ4v) is 10.1. The van der Waals surface area contributed by atoms with Crippen molar-refractivity contribution in [3.8, 4) is 0 Å². The number of aliphatic imine (C=N–C) groups is 1. The van der Waals surface area contributed by atoms with E-state index in [2.05, 4.69) is 68.8 Å². The Labute approximate surface area is 568 Å². The lowest BCUT2D eigenvalue weighted by atomic mass is 9.86. The monoisotopic (exact) mass is 1370 g/mol. The third-order valence-electron chi connectivity index (χ3n) is 15.3. The number of carbonyl (C=O) groups is 12. The molecule has 0 aliphatic carbocycles. The highest BCUT2D eigenvalue weighted by Crippen LogP contribution is 2.26. The van der Waals surface area contributed by atoms with Gasteiger partial charge in [0.15, 0.2) is 5.96 Å². The van der Waals surface area contributed by atoms with Gasteiger partial charge in [0, 0.05) is 6.54 Å². The van der Waals surface area contributed by atoms with Gasteiger partial charge in [-0.1, -0.05) is 120 Å². The Hall–Kier alpha value is -8.23. The number of hydrogen-bond donors (Lipinski definition) is 18. The highest BCUT2D eigenvalue weighted by atomic mass is 16.6. The van der Waals surface area contributed by atoms with Crippen LogP contribution in [0.1, 0.15) is 168 Å². The van der Waals surface area contributed by atoms with Crippen LogP contribution in [-0.2, 0) is 57.5 Å². The fraction of sp³-hybridized carbons (Fsp3) is 0.708. The maximum Gasteiger partial charge on any atom is 0.408 e. The van der Waals surface area contributed by atoms with Crippen LogP contribution in [0.15, 0.2) is 35.3 Å². The molecule has 20 N–H and O–H groups in total. The van der Waals surface area contributed by atoms with Gasteiger partial charge in [0.2, 0.25) is 65.0 Å². The number of guanidine groups is 1. The summed E-state index contributed by atoms with van der Waals surface area (Å²) in [5.41, 5.74) is 8.84. The summed E-state index contributed by atoms with van der Waals surface area (Å²) >= 11 is 0. The van der Waals surface area contributed by atoms with Crippen LogP contribution >= 0.6 is 0 Å². The highest BCUT2D eigenvalue weighted by molar-refractivity contribution is 6.00. The summed E-state index contributed by atoms with van der Waals surface area (Å²) < 4.78 is 5.48. The first kappa shape index (κ1) is 84.9. The number of amides is 12. The van der Waals surface area contributed by atoms with Crippen molar-refractivity contribution in [2.24, 2.45) is 45.0 Å². The molecule has 1 fully saturated rings. The van der Waals surface area contributed by atoms with E-state index >= 15 is 14.4 Å². The summed E-state index contributed by atoms with van der Waals surface area (Å²) in [6.07, 6.45) is -6.23. The number of benzene rings is 1. The number of nitrogens with zero attached hydrogens (tertiary/aromatic N) is 1. The Morgan fingerprint density at radius 1 is 0.598 bits per heavy atom. The molecule has 32 heteroatoms. The normalized spacial score (nSPS) is 24.2. The van der Waals surface area contributed by atoms with E-state index in [0.717, 1.165) is 13.8 Å². The van der Waals surface area contributed by atoms with Gasteiger partial charge in [0.1, 0.15) is 66.0 Å². The molecule has 0 radical (unpaired) electrons. The average Bonchev–Trinajstić information content (AvgIpc) is 0.815. The van der Waals surface area contributed by atoms with Crippen LogP contribution in [0.2, 0.25) is 0 Å². The van der Waals surface area contributed by atoms with Gasteiger partial charge in [0.05, 0.1) is 37.5 Å². The first-order valence-corrected chi connectivity index (χ1v) is 32.8. The largest absolute Gasteiger partial charge is 0.444 e. The van der Waals surface area contributed by atoms with Crippen LogP contribution in [0, 0.1) is 28.6 Å². The third kappa shape index (κ3) is 30.0. The van der Waals surface area contributed by atoms with E-state index in [4.69, 9.17) is 16.2 Å². The molecule has 32 nitrogen and oxygen atoms in total. The molecule has 0 bridgehead atoms. The molecule has 1 saturated heterocycles. The van der Waals surface area contributed by atoms with E-state index in [0.29, 0.717) is 0 Å². The molecular formula is C65H111N15O17. The molecule has 12 amide bonds. The maximum absolute atomic E-state index is 15.7. The first-order chi connectivity index (χ1) is 44.8. The summed E-state index contributed by atoms with van der Waals surface area (Å²) in [4.78, 5) is 177. The van der Waals surface area contributed by atoms with E-state index in [1.165, 1.54) is 38.1 Å². The Balaban J connectivity index is 3.17. The van der Waals surface area contributed by atoms with E-state index in [1.807, 2.05) is 20.8 Å². The summed E-state index contributed by atoms with van der Waals surface area (Å²) in [6, 6.07) is -11.6. The molecule has 97 heavy (non-hydrogen) atoms. The van der Waals surface area contributed by atoms with Crippen LogP contribution in [0.3, 0.4) is 0 Å². The van der Waals surface area contributed by atoms with Crippen LogP contribution in [0.5, 0.6) is 0 Å². The van der Waals surface area contributed by atoms with E-state index in [9.17, 15) is 63.6 Å². The third-order valence-corrected chi connectivity index (χ3v) is 15.3. The molecule has 0 aromatic heterocycles. The zero-order valence-electron chi connectivity index (χ0n) is 59.3. The van der Waals surface area contributed by atoms with Crippen molar-refractivity contribution in [3.05, 3.63) is 35.9 Å². The second kappa shape index (κ2) is 38.6. The molecule has 0 saturated carbocycles. The van der Waals surface area contributed by atoms with Gasteiger partial charge in [-0.15, -0.1) is 0 Å². The van der Waals surface area contributed by atoms with Crippen molar-refractivity contribution in [2.75, 3.05) is 19.7 Å². The predicted molar refractivity (Wildman–Crippen MR) is 359 cm³/mol. The lowest BCUT2D eigenvalue weighted by Gasteiger charge is -2.35. The van der Waals surface area contributed by atoms with Crippen molar-refractivity contribution >= 4 is 77.0 Å². The first-order valence-electron chi connectivity index (χ1n) is 32.8. The molecule has 1 aliphatic rings. The number of aliphatic hydroxyl groups excluding tert-OH is 4. The van der Waals surface area contributed by atoms with Gasteiger partial charge in [-0.25, -0.2) is 4.79 Å². The van der Waals surface area contributed by atoms with E-state index < -0.39 is 197 Å². The minimum atomic E-state index is -2.11. The van der Waals surface area contributed by atoms with Gasteiger partial charge in [-0.3, -0.25) is 57.7 Å². The Morgan fingerprint density at radius 2 is 1.08 bits per heavy atom. The molecule has 2 rings (SSSR count). The number of carbonyl (C=O) groups excluding carboxylic acids is 12. The smallest absolute Gasteiger partial charge is 0.408 e. The minimum absolute atomic E-state index is 0.0300. The molecule has 1 unspecified atom stereocenters. The zero-order valence-corrected chi connectivity index (χ0v) is 59.3. The SMILES string of the molecule is CC[C@H](C)[C@@H]1NC(=O)[C@@H](CCCN=C(N)N)NC(=O)[C@H](CC(C)C)NC(=O)[C@H]([C@H](O)C(C)C)NC(=O)[C@@H](NC(=O)[C@H](CC(C)(C)C)NC(=O)[C@@H](CC(C)(C)C)NC(=O)OC(C)(C)C)[C@@H](c2ccccc2)NC(=O)[C@H](CO)NC(=O)C([C@H](C)O)NC(=O)CNC(=O)[C@H]([C@H](C)O)NC1=O. The van der Waals surface area contributed by atoms with Crippen LogP contribution in [-0.4, -0.2) is 201 Å². The van der Waals surface area contributed by atoms with Gasteiger partial charge in [0.25, 0.3) is 0 Å². The van der Waals surface area contributed by atoms with Crippen molar-refractivity contribution in [1.82, 2.24) is 63.8 Å². The molecule has 1 aliphatic heterocycles. The lowest BCUT2D eigenvalue weighted by Crippen LogP contribution is -2.65. The zero-order chi connectivity index (χ0) is 74.2. The Morgan fingerprint density at radius 3 is 1.59 bits per heavy atom. The van der Waals surface area contributed by atoms with Crippen molar-refractivity contribution in [3.63, 3.8) is 0 Å². The van der Waals surface area contributed by atoms with Gasteiger partial charge in [-0.2, -0.15) is 0 Å². The Kier molecular flexibility index (Phi) is 33.8. The summed E-state index contributed by atoms with van der Waals surface area (Å²) in [5.74, 6) is -14.2. The van der Waals surface area contributed by atoms with Crippen molar-refractivity contribution in [1.29, 1.82) is 0 Å². The quantitative estimate of drug-likeness (QED) is 0.0360. The summed E-state index contributed by atoms with van der Waals surface area (Å²) in [5, 5.41) is 74.6. The number of nitrogens with two attached hydrogens (primary N) is 2.